The first-order valence-corrected chi connectivity index (χ1v) is 6.00. The molecule has 1 fully saturated rings. The first-order valence-electron chi connectivity index (χ1n) is 6.00. The quantitative estimate of drug-likeness (QED) is 0.797. The summed E-state index contributed by atoms with van der Waals surface area (Å²) in [5, 5.41) is 6.82. The highest BCUT2D eigenvalue weighted by atomic mass is 15.3. The maximum atomic E-state index is 3.43. The van der Waals surface area contributed by atoms with Crippen LogP contribution < -0.4 is 10.6 Å². The average molecular weight is 219 g/mol. The molecule has 1 saturated heterocycles. The first-order chi connectivity index (χ1) is 7.83. The molecule has 0 saturated carbocycles. The smallest absolute Gasteiger partial charge is 0.0861 e. The van der Waals surface area contributed by atoms with E-state index in [1.54, 1.807) is 0 Å². The highest BCUT2D eigenvalue weighted by molar-refractivity contribution is 5.28. The average Bonchev–Trinajstić information content (AvgIpc) is 2.34. The molecule has 0 bridgehead atoms. The van der Waals surface area contributed by atoms with E-state index >= 15 is 0 Å². The normalized spacial score (nSPS) is 19.6. The molecule has 1 unspecified atom stereocenters. The van der Waals surface area contributed by atoms with Crippen LogP contribution in [0.5, 0.6) is 0 Å². The van der Waals surface area contributed by atoms with Gasteiger partial charge in [-0.25, -0.2) is 0 Å². The second kappa shape index (κ2) is 5.43. The van der Waals surface area contributed by atoms with Gasteiger partial charge in [0.1, 0.15) is 0 Å². The molecule has 1 aliphatic heterocycles. The van der Waals surface area contributed by atoms with Gasteiger partial charge in [-0.05, 0) is 25.1 Å². The molecule has 0 radical (unpaired) electrons. The van der Waals surface area contributed by atoms with Gasteiger partial charge in [0.05, 0.1) is 6.17 Å². The van der Waals surface area contributed by atoms with E-state index in [4.69, 9.17) is 0 Å². The minimum atomic E-state index is 0.350. The lowest BCUT2D eigenvalue weighted by Gasteiger charge is -2.35. The van der Waals surface area contributed by atoms with E-state index in [-0.39, 0.29) is 0 Å². The Morgan fingerprint density at radius 3 is 2.56 bits per heavy atom. The number of piperazine rings is 1. The van der Waals surface area contributed by atoms with Gasteiger partial charge in [0.15, 0.2) is 0 Å². The zero-order valence-corrected chi connectivity index (χ0v) is 10.2. The fourth-order valence-electron chi connectivity index (χ4n) is 2.37. The monoisotopic (exact) mass is 219 g/mol. The van der Waals surface area contributed by atoms with Crippen LogP contribution in [0.1, 0.15) is 17.3 Å². The fraction of sp³-hybridized carbons (Fsp3) is 0.538. The van der Waals surface area contributed by atoms with E-state index < -0.39 is 0 Å². The predicted molar refractivity (Wildman–Crippen MR) is 67.4 cm³/mol. The predicted octanol–water partition coefficient (Wildman–Crippen LogP) is 1.12. The molecule has 88 valence electrons. The van der Waals surface area contributed by atoms with Crippen molar-refractivity contribution in [1.29, 1.82) is 0 Å². The van der Waals surface area contributed by atoms with Crippen molar-refractivity contribution in [2.24, 2.45) is 0 Å². The molecule has 2 N–H and O–H groups in total. The lowest BCUT2D eigenvalue weighted by Crippen LogP contribution is -2.48. The van der Waals surface area contributed by atoms with Gasteiger partial charge in [0, 0.05) is 26.2 Å². The van der Waals surface area contributed by atoms with Crippen molar-refractivity contribution >= 4 is 0 Å². The van der Waals surface area contributed by atoms with Crippen LogP contribution in [0.3, 0.4) is 0 Å². The highest BCUT2D eigenvalue weighted by Gasteiger charge is 2.21. The second-order valence-electron chi connectivity index (χ2n) is 4.33. The molecule has 0 amide bonds. The molecule has 0 aliphatic carbocycles. The summed E-state index contributed by atoms with van der Waals surface area (Å²) in [6, 6.07) is 8.62. The number of nitrogens with one attached hydrogen (secondary N) is 2. The van der Waals surface area contributed by atoms with Gasteiger partial charge >= 0.3 is 0 Å². The van der Waals surface area contributed by atoms with E-state index in [0.717, 1.165) is 26.2 Å². The SMILES string of the molecule is CNC(c1ccccc1C)N1CCNCC1. The van der Waals surface area contributed by atoms with Crippen LogP contribution in [0.25, 0.3) is 0 Å². The number of hydrogen-bond acceptors (Lipinski definition) is 3. The van der Waals surface area contributed by atoms with Crippen molar-refractivity contribution in [3.8, 4) is 0 Å². The lowest BCUT2D eigenvalue weighted by molar-refractivity contribution is 0.152. The summed E-state index contributed by atoms with van der Waals surface area (Å²) >= 11 is 0. The summed E-state index contributed by atoms with van der Waals surface area (Å²) in [6.45, 7) is 6.58. The summed E-state index contributed by atoms with van der Waals surface area (Å²) in [5.41, 5.74) is 2.76. The Morgan fingerprint density at radius 1 is 1.25 bits per heavy atom. The third kappa shape index (κ3) is 2.43. The molecular weight excluding hydrogens is 198 g/mol. The van der Waals surface area contributed by atoms with Gasteiger partial charge in [-0.2, -0.15) is 0 Å². The Labute approximate surface area is 97.8 Å². The van der Waals surface area contributed by atoms with E-state index in [1.165, 1.54) is 11.1 Å². The van der Waals surface area contributed by atoms with Crippen LogP contribution in [0, 0.1) is 6.92 Å². The molecule has 0 aromatic heterocycles. The number of hydrogen-bond donors (Lipinski definition) is 2. The largest absolute Gasteiger partial charge is 0.314 e. The molecule has 1 aromatic carbocycles. The van der Waals surface area contributed by atoms with Crippen LogP contribution in [0.4, 0.5) is 0 Å². The third-order valence-corrected chi connectivity index (χ3v) is 3.27. The fourth-order valence-corrected chi connectivity index (χ4v) is 2.37. The minimum absolute atomic E-state index is 0.350. The van der Waals surface area contributed by atoms with Crippen molar-refractivity contribution in [3.63, 3.8) is 0 Å². The minimum Gasteiger partial charge on any atom is -0.314 e. The number of rotatable bonds is 3. The Balaban J connectivity index is 2.18. The van der Waals surface area contributed by atoms with Crippen LogP contribution in [0.2, 0.25) is 0 Å². The maximum absolute atomic E-state index is 3.43. The number of benzene rings is 1. The molecular formula is C13H21N3. The Hall–Kier alpha value is -0.900. The molecule has 3 nitrogen and oxygen atoms in total. The van der Waals surface area contributed by atoms with Crippen LogP contribution in [-0.4, -0.2) is 38.1 Å². The summed E-state index contributed by atoms with van der Waals surface area (Å²) in [5.74, 6) is 0. The summed E-state index contributed by atoms with van der Waals surface area (Å²) in [4.78, 5) is 2.50. The van der Waals surface area contributed by atoms with Crippen LogP contribution in [-0.2, 0) is 0 Å². The van der Waals surface area contributed by atoms with Crippen molar-refractivity contribution < 1.29 is 0 Å². The third-order valence-electron chi connectivity index (χ3n) is 3.27. The molecule has 1 aromatic rings. The summed E-state index contributed by atoms with van der Waals surface area (Å²) in [7, 11) is 2.04. The van der Waals surface area contributed by atoms with Gasteiger partial charge in [0.25, 0.3) is 0 Å². The van der Waals surface area contributed by atoms with Gasteiger partial charge in [-0.15, -0.1) is 0 Å². The summed E-state index contributed by atoms with van der Waals surface area (Å²) in [6.07, 6.45) is 0.350. The number of aryl methyl sites for hydroxylation is 1. The van der Waals surface area contributed by atoms with Crippen molar-refractivity contribution in [2.75, 3.05) is 33.2 Å². The second-order valence-corrected chi connectivity index (χ2v) is 4.33. The molecule has 3 heteroatoms. The Morgan fingerprint density at radius 2 is 1.94 bits per heavy atom. The van der Waals surface area contributed by atoms with E-state index in [9.17, 15) is 0 Å². The maximum Gasteiger partial charge on any atom is 0.0861 e. The molecule has 1 atom stereocenters. The van der Waals surface area contributed by atoms with Crippen molar-refractivity contribution in [2.45, 2.75) is 13.1 Å². The Kier molecular flexibility index (Phi) is 3.93. The zero-order valence-electron chi connectivity index (χ0n) is 10.2. The zero-order chi connectivity index (χ0) is 11.4. The molecule has 0 spiro atoms. The Bertz CT molecular complexity index is 332. The van der Waals surface area contributed by atoms with Crippen LogP contribution >= 0.6 is 0 Å². The molecule has 1 heterocycles. The van der Waals surface area contributed by atoms with Gasteiger partial charge in [-0.1, -0.05) is 24.3 Å². The highest BCUT2D eigenvalue weighted by Crippen LogP contribution is 2.21. The molecule has 1 aliphatic rings. The van der Waals surface area contributed by atoms with Crippen LogP contribution in [0.15, 0.2) is 24.3 Å². The lowest BCUT2D eigenvalue weighted by atomic mass is 10.0. The van der Waals surface area contributed by atoms with Gasteiger partial charge in [-0.3, -0.25) is 4.90 Å². The van der Waals surface area contributed by atoms with E-state index in [2.05, 4.69) is 46.7 Å². The number of nitrogens with zero attached hydrogens (tertiary/aromatic N) is 1. The summed E-state index contributed by atoms with van der Waals surface area (Å²) < 4.78 is 0. The van der Waals surface area contributed by atoms with E-state index in [0.29, 0.717) is 6.17 Å². The molecule has 2 rings (SSSR count). The van der Waals surface area contributed by atoms with E-state index in [1.807, 2.05) is 7.05 Å². The molecule has 16 heavy (non-hydrogen) atoms. The van der Waals surface area contributed by atoms with Crippen molar-refractivity contribution in [3.05, 3.63) is 35.4 Å². The van der Waals surface area contributed by atoms with Gasteiger partial charge in [0.2, 0.25) is 0 Å². The van der Waals surface area contributed by atoms with Gasteiger partial charge < -0.3 is 10.6 Å². The standard InChI is InChI=1S/C13H21N3/c1-11-5-3-4-6-12(11)13(14-2)16-9-7-15-8-10-16/h3-6,13-15H,7-10H2,1-2H3. The topological polar surface area (TPSA) is 27.3 Å². The van der Waals surface area contributed by atoms with Crippen molar-refractivity contribution in [1.82, 2.24) is 15.5 Å². The first kappa shape index (κ1) is 11.6.